The van der Waals surface area contributed by atoms with Gasteiger partial charge in [0, 0.05) is 30.6 Å². The number of rotatable bonds is 2. The van der Waals surface area contributed by atoms with Crippen LogP contribution in [0, 0.1) is 0 Å². The molecule has 3 heteroatoms. The summed E-state index contributed by atoms with van der Waals surface area (Å²) in [7, 11) is 0. The van der Waals surface area contributed by atoms with Gasteiger partial charge in [0.1, 0.15) is 5.65 Å². The second-order valence-corrected chi connectivity index (χ2v) is 2.88. The number of aromatic nitrogens is 2. The van der Waals surface area contributed by atoms with Crippen LogP contribution >= 0.6 is 0 Å². The fraction of sp³-hybridized carbons (Fsp3) is 0.333. The smallest absolute Gasteiger partial charge is 0.162 e. The van der Waals surface area contributed by atoms with Gasteiger partial charge >= 0.3 is 0 Å². The van der Waals surface area contributed by atoms with Gasteiger partial charge in [-0.2, -0.15) is 0 Å². The quantitative estimate of drug-likeness (QED) is 0.705. The van der Waals surface area contributed by atoms with Crippen molar-refractivity contribution in [3.63, 3.8) is 0 Å². The summed E-state index contributed by atoms with van der Waals surface area (Å²) in [6, 6.07) is 3.63. The highest BCUT2D eigenvalue weighted by atomic mass is 16.1. The number of fused-ring (bicyclic) bond motifs is 1. The topological polar surface area (TPSA) is 34.4 Å². The van der Waals surface area contributed by atoms with Crippen molar-refractivity contribution in [2.45, 2.75) is 27.2 Å². The van der Waals surface area contributed by atoms with E-state index < -0.39 is 0 Å². The Bertz CT molecular complexity index is 446. The van der Waals surface area contributed by atoms with Crippen LogP contribution in [0.1, 0.15) is 37.6 Å². The van der Waals surface area contributed by atoms with Crippen LogP contribution in [0.25, 0.3) is 5.65 Å². The summed E-state index contributed by atoms with van der Waals surface area (Å²) >= 11 is 0. The van der Waals surface area contributed by atoms with E-state index in [1.165, 1.54) is 0 Å². The third-order valence-electron chi connectivity index (χ3n) is 2.04. The third-order valence-corrected chi connectivity index (χ3v) is 2.04. The molecule has 0 aliphatic heterocycles. The van der Waals surface area contributed by atoms with Crippen molar-refractivity contribution in [3.05, 3.63) is 36.3 Å². The highest BCUT2D eigenvalue weighted by molar-refractivity contribution is 5.96. The minimum atomic E-state index is 0.158. The van der Waals surface area contributed by atoms with E-state index in [0.29, 0.717) is 6.42 Å². The van der Waals surface area contributed by atoms with Crippen molar-refractivity contribution < 1.29 is 4.79 Å². The zero-order valence-corrected chi connectivity index (χ0v) is 9.40. The molecule has 0 bridgehead atoms. The van der Waals surface area contributed by atoms with E-state index in [9.17, 15) is 4.79 Å². The number of Topliss-reactive ketones (excluding diaryl/α,β-unsaturated/α-hetero) is 1. The molecule has 0 spiro atoms. The van der Waals surface area contributed by atoms with Crippen LogP contribution in [0.4, 0.5) is 0 Å². The van der Waals surface area contributed by atoms with E-state index in [-0.39, 0.29) is 5.78 Å². The Labute approximate surface area is 89.8 Å². The van der Waals surface area contributed by atoms with Gasteiger partial charge in [-0.3, -0.25) is 4.79 Å². The maximum Gasteiger partial charge on any atom is 0.162 e. The molecule has 0 saturated carbocycles. The normalized spacial score (nSPS) is 9.53. The molecule has 0 N–H and O–H groups in total. The van der Waals surface area contributed by atoms with Crippen molar-refractivity contribution in [1.82, 2.24) is 9.38 Å². The first-order chi connectivity index (χ1) is 7.31. The van der Waals surface area contributed by atoms with Crippen LogP contribution in [0.5, 0.6) is 0 Å². The lowest BCUT2D eigenvalue weighted by atomic mass is 10.1. The minimum Gasteiger partial charge on any atom is -0.307 e. The second kappa shape index (κ2) is 5.29. The molecular formula is C12H16N2O. The molecule has 0 aromatic carbocycles. The maximum absolute atomic E-state index is 11.3. The van der Waals surface area contributed by atoms with Crippen LogP contribution < -0.4 is 0 Å². The Morgan fingerprint density at radius 2 is 2.13 bits per heavy atom. The van der Waals surface area contributed by atoms with Gasteiger partial charge in [0.2, 0.25) is 0 Å². The van der Waals surface area contributed by atoms with Crippen molar-refractivity contribution in [2.24, 2.45) is 0 Å². The lowest BCUT2D eigenvalue weighted by molar-refractivity contribution is 0.0988. The van der Waals surface area contributed by atoms with Crippen LogP contribution in [0.15, 0.2) is 30.7 Å². The van der Waals surface area contributed by atoms with Crippen molar-refractivity contribution >= 4 is 11.4 Å². The standard InChI is InChI=1S/C10H10N2O.C2H6/c1-2-9(13)8-3-5-12-6-4-11-10(12)7-8;1-2/h3-7H,2H2,1H3;1-2H3. The first-order valence-electron chi connectivity index (χ1n) is 5.27. The zero-order valence-electron chi connectivity index (χ0n) is 9.40. The zero-order chi connectivity index (χ0) is 11.3. The number of hydrogen-bond acceptors (Lipinski definition) is 2. The van der Waals surface area contributed by atoms with Crippen LogP contribution in [0.3, 0.4) is 0 Å². The number of pyridine rings is 1. The van der Waals surface area contributed by atoms with Crippen molar-refractivity contribution in [2.75, 3.05) is 0 Å². The molecule has 0 aliphatic rings. The number of imidazole rings is 1. The highest BCUT2D eigenvalue weighted by Gasteiger charge is 2.03. The lowest BCUT2D eigenvalue weighted by Crippen LogP contribution is -1.97. The molecule has 2 heterocycles. The van der Waals surface area contributed by atoms with Gasteiger partial charge in [-0.1, -0.05) is 20.8 Å². The summed E-state index contributed by atoms with van der Waals surface area (Å²) < 4.78 is 1.88. The van der Waals surface area contributed by atoms with Crippen molar-refractivity contribution in [3.8, 4) is 0 Å². The molecule has 2 aromatic heterocycles. The Balaban J connectivity index is 0.000000531. The molecule has 3 nitrogen and oxygen atoms in total. The molecule has 0 amide bonds. The van der Waals surface area contributed by atoms with E-state index in [1.807, 2.05) is 49.7 Å². The SMILES string of the molecule is CC.CCC(=O)c1ccn2ccnc2c1. The summed E-state index contributed by atoms with van der Waals surface area (Å²) in [6.45, 7) is 5.86. The molecule has 80 valence electrons. The van der Waals surface area contributed by atoms with E-state index in [0.717, 1.165) is 11.2 Å². The number of hydrogen-bond donors (Lipinski definition) is 0. The minimum absolute atomic E-state index is 0.158. The summed E-state index contributed by atoms with van der Waals surface area (Å²) in [4.78, 5) is 15.4. The van der Waals surface area contributed by atoms with Gasteiger partial charge in [-0.15, -0.1) is 0 Å². The summed E-state index contributed by atoms with van der Waals surface area (Å²) in [5, 5.41) is 0. The van der Waals surface area contributed by atoms with Gasteiger partial charge in [0.25, 0.3) is 0 Å². The molecule has 0 fully saturated rings. The predicted octanol–water partition coefficient (Wildman–Crippen LogP) is 2.95. The largest absolute Gasteiger partial charge is 0.307 e. The van der Waals surface area contributed by atoms with E-state index in [4.69, 9.17) is 0 Å². The van der Waals surface area contributed by atoms with Gasteiger partial charge in [0.15, 0.2) is 5.78 Å². The third kappa shape index (κ3) is 2.43. The van der Waals surface area contributed by atoms with E-state index in [2.05, 4.69) is 4.98 Å². The number of ketones is 1. The molecule has 2 rings (SSSR count). The maximum atomic E-state index is 11.3. The Kier molecular flexibility index (Phi) is 4.03. The lowest BCUT2D eigenvalue weighted by Gasteiger charge is -1.98. The Morgan fingerprint density at radius 3 is 2.80 bits per heavy atom. The Morgan fingerprint density at radius 1 is 1.40 bits per heavy atom. The summed E-state index contributed by atoms with van der Waals surface area (Å²) in [5.41, 5.74) is 1.56. The average Bonchev–Trinajstić information content (AvgIpc) is 2.77. The monoisotopic (exact) mass is 204 g/mol. The molecule has 0 atom stereocenters. The average molecular weight is 204 g/mol. The molecular weight excluding hydrogens is 188 g/mol. The van der Waals surface area contributed by atoms with Gasteiger partial charge in [-0.05, 0) is 12.1 Å². The molecule has 0 radical (unpaired) electrons. The molecule has 15 heavy (non-hydrogen) atoms. The fourth-order valence-corrected chi connectivity index (χ4v) is 1.29. The number of carbonyl (C=O) groups excluding carboxylic acids is 1. The molecule has 0 saturated heterocycles. The molecule has 0 unspecified atom stereocenters. The first-order valence-corrected chi connectivity index (χ1v) is 5.27. The molecule has 0 aliphatic carbocycles. The molecule has 2 aromatic rings. The number of nitrogens with zero attached hydrogens (tertiary/aromatic N) is 2. The Hall–Kier alpha value is -1.64. The predicted molar refractivity (Wildman–Crippen MR) is 61.2 cm³/mol. The highest BCUT2D eigenvalue weighted by Crippen LogP contribution is 2.07. The van der Waals surface area contributed by atoms with Gasteiger partial charge < -0.3 is 4.40 Å². The van der Waals surface area contributed by atoms with E-state index in [1.54, 1.807) is 6.20 Å². The van der Waals surface area contributed by atoms with E-state index >= 15 is 0 Å². The summed E-state index contributed by atoms with van der Waals surface area (Å²) in [6.07, 6.45) is 5.97. The van der Waals surface area contributed by atoms with Crippen LogP contribution in [-0.4, -0.2) is 15.2 Å². The first kappa shape index (κ1) is 11.4. The number of carbonyl (C=O) groups is 1. The van der Waals surface area contributed by atoms with Crippen LogP contribution in [-0.2, 0) is 0 Å². The fourth-order valence-electron chi connectivity index (χ4n) is 1.29. The van der Waals surface area contributed by atoms with Gasteiger partial charge in [-0.25, -0.2) is 4.98 Å². The van der Waals surface area contributed by atoms with Crippen molar-refractivity contribution in [1.29, 1.82) is 0 Å². The summed E-state index contributed by atoms with van der Waals surface area (Å²) in [5.74, 6) is 0.158. The van der Waals surface area contributed by atoms with Gasteiger partial charge in [0.05, 0.1) is 0 Å². The second-order valence-electron chi connectivity index (χ2n) is 2.88. The van der Waals surface area contributed by atoms with Crippen LogP contribution in [0.2, 0.25) is 0 Å².